The number of benzene rings is 2. The number of anilines is 1. The van der Waals surface area contributed by atoms with Gasteiger partial charge in [-0.25, -0.2) is 4.79 Å². The highest BCUT2D eigenvalue weighted by atomic mass is 16.5. The van der Waals surface area contributed by atoms with E-state index in [0.29, 0.717) is 18.0 Å². The third kappa shape index (κ3) is 4.78. The van der Waals surface area contributed by atoms with Gasteiger partial charge >= 0.3 is 6.03 Å². The first-order chi connectivity index (χ1) is 11.2. The largest absolute Gasteiger partial charge is 0.496 e. The third-order valence-corrected chi connectivity index (χ3v) is 3.05. The molecular weight excluding hydrogens is 292 g/mol. The molecule has 5 heteroatoms. The van der Waals surface area contributed by atoms with Crippen LogP contribution in [0.2, 0.25) is 0 Å². The fourth-order valence-corrected chi connectivity index (χ4v) is 2.02. The van der Waals surface area contributed by atoms with Gasteiger partial charge in [-0.2, -0.15) is 0 Å². The summed E-state index contributed by atoms with van der Waals surface area (Å²) in [6, 6.07) is 14.5. The molecule has 0 aromatic heterocycles. The van der Waals surface area contributed by atoms with Gasteiger partial charge in [0.25, 0.3) is 0 Å². The first-order valence-corrected chi connectivity index (χ1v) is 7.33. The Hall–Kier alpha value is -2.95. The average molecular weight is 312 g/mol. The number of hydrogen-bond acceptors (Lipinski definition) is 3. The highest BCUT2D eigenvalue weighted by molar-refractivity contribution is 5.91. The number of rotatable bonds is 6. The standard InChI is InChI=1S/C18H20N2O3/c1-3-23-17-11-7-5-9-15(17)20-18(21)19-13-12-14-8-4-6-10-16(14)22-2/h4-13H,3H2,1-2H3,(H2,19,20,21)/b13-12+. The van der Waals surface area contributed by atoms with Crippen molar-refractivity contribution < 1.29 is 14.3 Å². The van der Waals surface area contributed by atoms with Crippen molar-refractivity contribution >= 4 is 17.8 Å². The van der Waals surface area contributed by atoms with Gasteiger partial charge in [0.1, 0.15) is 11.5 Å². The Balaban J connectivity index is 1.96. The van der Waals surface area contributed by atoms with Crippen LogP contribution in [0.4, 0.5) is 10.5 Å². The molecular formula is C18H20N2O3. The smallest absolute Gasteiger partial charge is 0.323 e. The van der Waals surface area contributed by atoms with Crippen LogP contribution < -0.4 is 20.1 Å². The zero-order chi connectivity index (χ0) is 16.5. The van der Waals surface area contributed by atoms with E-state index in [9.17, 15) is 4.79 Å². The molecule has 0 unspecified atom stereocenters. The quantitative estimate of drug-likeness (QED) is 0.851. The van der Waals surface area contributed by atoms with Crippen molar-refractivity contribution in [3.05, 3.63) is 60.3 Å². The third-order valence-electron chi connectivity index (χ3n) is 3.05. The second-order valence-electron chi connectivity index (χ2n) is 4.60. The molecule has 0 aliphatic carbocycles. The average Bonchev–Trinajstić information content (AvgIpc) is 2.57. The van der Waals surface area contributed by atoms with Crippen molar-refractivity contribution in [3.63, 3.8) is 0 Å². The highest BCUT2D eigenvalue weighted by Gasteiger charge is 2.05. The number of ether oxygens (including phenoxy) is 2. The second kappa shape index (κ2) is 8.48. The molecule has 0 aliphatic rings. The Morgan fingerprint density at radius 3 is 2.52 bits per heavy atom. The summed E-state index contributed by atoms with van der Waals surface area (Å²) in [6.07, 6.45) is 3.34. The van der Waals surface area contributed by atoms with Gasteiger partial charge < -0.3 is 20.1 Å². The van der Waals surface area contributed by atoms with Crippen LogP contribution >= 0.6 is 0 Å². The molecule has 5 nitrogen and oxygen atoms in total. The zero-order valence-corrected chi connectivity index (χ0v) is 13.2. The van der Waals surface area contributed by atoms with Gasteiger partial charge in [0, 0.05) is 11.8 Å². The monoisotopic (exact) mass is 312 g/mol. The van der Waals surface area contributed by atoms with E-state index in [4.69, 9.17) is 9.47 Å². The normalized spacial score (nSPS) is 10.3. The van der Waals surface area contributed by atoms with Crippen LogP contribution in [0.15, 0.2) is 54.7 Å². The van der Waals surface area contributed by atoms with Crippen molar-refractivity contribution in [2.75, 3.05) is 19.0 Å². The fourth-order valence-electron chi connectivity index (χ4n) is 2.02. The minimum atomic E-state index is -0.344. The fraction of sp³-hybridized carbons (Fsp3) is 0.167. The molecule has 0 radical (unpaired) electrons. The summed E-state index contributed by atoms with van der Waals surface area (Å²) in [4.78, 5) is 12.0. The number of carbonyl (C=O) groups excluding carboxylic acids is 1. The van der Waals surface area contributed by atoms with Crippen LogP contribution in [-0.2, 0) is 0 Å². The summed E-state index contributed by atoms with van der Waals surface area (Å²) in [6.45, 7) is 2.43. The Labute approximate surface area is 135 Å². The molecule has 2 rings (SSSR count). The first-order valence-electron chi connectivity index (χ1n) is 7.33. The number of urea groups is 1. The molecule has 0 fully saturated rings. The van der Waals surface area contributed by atoms with E-state index in [1.165, 1.54) is 0 Å². The van der Waals surface area contributed by atoms with Crippen LogP contribution in [0.5, 0.6) is 11.5 Å². The van der Waals surface area contributed by atoms with Crippen molar-refractivity contribution in [3.8, 4) is 11.5 Å². The molecule has 0 spiro atoms. The Morgan fingerprint density at radius 2 is 1.78 bits per heavy atom. The maximum absolute atomic E-state index is 12.0. The minimum absolute atomic E-state index is 0.344. The lowest BCUT2D eigenvalue weighted by molar-refractivity contribution is 0.255. The Kier molecular flexibility index (Phi) is 6.06. The minimum Gasteiger partial charge on any atom is -0.496 e. The molecule has 0 saturated carbocycles. The summed E-state index contributed by atoms with van der Waals surface area (Å²) in [5, 5.41) is 5.41. The number of amides is 2. The molecule has 2 amide bonds. The Bertz CT molecular complexity index is 683. The van der Waals surface area contributed by atoms with E-state index >= 15 is 0 Å². The molecule has 2 aromatic carbocycles. The van der Waals surface area contributed by atoms with Crippen LogP contribution in [0.3, 0.4) is 0 Å². The van der Waals surface area contributed by atoms with Gasteiger partial charge in [-0.05, 0) is 31.2 Å². The SMILES string of the molecule is CCOc1ccccc1NC(=O)N/C=C/c1ccccc1OC. The van der Waals surface area contributed by atoms with Gasteiger partial charge in [-0.3, -0.25) is 0 Å². The van der Waals surface area contributed by atoms with Gasteiger partial charge in [0.15, 0.2) is 0 Å². The van der Waals surface area contributed by atoms with Crippen molar-refractivity contribution in [2.24, 2.45) is 0 Å². The van der Waals surface area contributed by atoms with Crippen LogP contribution in [0.25, 0.3) is 6.08 Å². The van der Waals surface area contributed by atoms with Gasteiger partial charge in [0.2, 0.25) is 0 Å². The van der Waals surface area contributed by atoms with E-state index < -0.39 is 0 Å². The van der Waals surface area contributed by atoms with Crippen LogP contribution in [-0.4, -0.2) is 19.7 Å². The number of nitrogens with one attached hydrogen (secondary N) is 2. The summed E-state index contributed by atoms with van der Waals surface area (Å²) >= 11 is 0. The topological polar surface area (TPSA) is 59.6 Å². The lowest BCUT2D eigenvalue weighted by Gasteiger charge is -2.10. The van der Waals surface area contributed by atoms with Gasteiger partial charge in [-0.1, -0.05) is 30.3 Å². The lowest BCUT2D eigenvalue weighted by Crippen LogP contribution is -2.24. The summed E-state index contributed by atoms with van der Waals surface area (Å²) in [5.74, 6) is 1.38. The van der Waals surface area contributed by atoms with E-state index in [1.807, 2.05) is 49.4 Å². The second-order valence-corrected chi connectivity index (χ2v) is 4.60. The molecule has 0 aliphatic heterocycles. The number of hydrogen-bond donors (Lipinski definition) is 2. The summed E-state index contributed by atoms with van der Waals surface area (Å²) in [7, 11) is 1.61. The molecule has 0 atom stereocenters. The predicted octanol–water partition coefficient (Wildman–Crippen LogP) is 3.89. The van der Waals surface area contributed by atoms with Crippen molar-refractivity contribution in [1.29, 1.82) is 0 Å². The van der Waals surface area contributed by atoms with E-state index in [-0.39, 0.29) is 6.03 Å². The number of methoxy groups -OCH3 is 1. The zero-order valence-electron chi connectivity index (χ0n) is 13.2. The van der Waals surface area contributed by atoms with E-state index in [2.05, 4.69) is 10.6 Å². The summed E-state index contributed by atoms with van der Waals surface area (Å²) < 4.78 is 10.7. The molecule has 0 bridgehead atoms. The molecule has 2 N–H and O–H groups in total. The number of para-hydroxylation sites is 3. The van der Waals surface area contributed by atoms with Gasteiger partial charge in [0.05, 0.1) is 19.4 Å². The molecule has 0 heterocycles. The summed E-state index contributed by atoms with van der Waals surface area (Å²) in [5.41, 5.74) is 1.50. The van der Waals surface area contributed by atoms with Crippen LogP contribution in [0, 0.1) is 0 Å². The maximum atomic E-state index is 12.0. The molecule has 23 heavy (non-hydrogen) atoms. The predicted molar refractivity (Wildman–Crippen MR) is 91.8 cm³/mol. The molecule has 2 aromatic rings. The number of carbonyl (C=O) groups is 1. The Morgan fingerprint density at radius 1 is 1.09 bits per heavy atom. The van der Waals surface area contributed by atoms with Crippen molar-refractivity contribution in [2.45, 2.75) is 6.92 Å². The molecule has 120 valence electrons. The molecule has 0 saturated heterocycles. The van der Waals surface area contributed by atoms with E-state index in [1.54, 1.807) is 25.5 Å². The lowest BCUT2D eigenvalue weighted by atomic mass is 10.2. The van der Waals surface area contributed by atoms with Crippen LogP contribution in [0.1, 0.15) is 12.5 Å². The van der Waals surface area contributed by atoms with Crippen molar-refractivity contribution in [1.82, 2.24) is 5.32 Å². The van der Waals surface area contributed by atoms with Gasteiger partial charge in [-0.15, -0.1) is 0 Å². The highest BCUT2D eigenvalue weighted by Crippen LogP contribution is 2.23. The first kappa shape index (κ1) is 16.4. The van der Waals surface area contributed by atoms with E-state index in [0.717, 1.165) is 11.3 Å². The maximum Gasteiger partial charge on any atom is 0.323 e.